The third-order valence-corrected chi connectivity index (χ3v) is 4.85. The van der Waals surface area contributed by atoms with Crippen LogP contribution in [-0.2, 0) is 26.6 Å². The Bertz CT molecular complexity index is 1160. The number of nitrogens with one attached hydrogen (secondary N) is 2. The van der Waals surface area contributed by atoms with E-state index in [0.717, 1.165) is 17.5 Å². The third kappa shape index (κ3) is 3.46. The molecule has 0 unspecified atom stereocenters. The summed E-state index contributed by atoms with van der Waals surface area (Å²) in [6.07, 6.45) is 4.12. The van der Waals surface area contributed by atoms with Crippen LogP contribution < -0.4 is 11.0 Å². The van der Waals surface area contributed by atoms with E-state index in [1.54, 1.807) is 40.7 Å². The Labute approximate surface area is 161 Å². The molecule has 2 aromatic carbocycles. The summed E-state index contributed by atoms with van der Waals surface area (Å²) in [5.41, 5.74) is 3.17. The Morgan fingerprint density at radius 1 is 1.14 bits per heavy atom. The van der Waals surface area contributed by atoms with Crippen LogP contribution in [0.25, 0.3) is 11.0 Å². The Morgan fingerprint density at radius 2 is 1.96 bits per heavy atom. The molecule has 0 saturated heterocycles. The number of carbonyl (C=O) groups excluding carboxylic acids is 1. The minimum absolute atomic E-state index is 0.0842. The summed E-state index contributed by atoms with van der Waals surface area (Å²) < 4.78 is 3.34. The highest BCUT2D eigenvalue weighted by Gasteiger charge is 2.14. The van der Waals surface area contributed by atoms with Gasteiger partial charge < -0.3 is 10.3 Å². The summed E-state index contributed by atoms with van der Waals surface area (Å²) in [5, 5.41) is 2.83. The summed E-state index contributed by atoms with van der Waals surface area (Å²) >= 11 is 0. The molecule has 0 saturated carbocycles. The fraction of sp³-hybridized carbons (Fsp3) is 0.190. The van der Waals surface area contributed by atoms with E-state index in [1.165, 1.54) is 5.56 Å². The van der Waals surface area contributed by atoms with Crippen molar-refractivity contribution in [2.45, 2.75) is 19.5 Å². The fourth-order valence-corrected chi connectivity index (χ4v) is 3.31. The van der Waals surface area contributed by atoms with E-state index in [-0.39, 0.29) is 11.6 Å². The van der Waals surface area contributed by atoms with Crippen molar-refractivity contribution in [3.8, 4) is 0 Å². The van der Waals surface area contributed by atoms with Crippen LogP contribution in [0.15, 0.2) is 65.7 Å². The zero-order valence-electron chi connectivity index (χ0n) is 15.6. The van der Waals surface area contributed by atoms with Crippen molar-refractivity contribution in [3.63, 3.8) is 0 Å². The highest BCUT2D eigenvalue weighted by molar-refractivity contribution is 5.97. The highest BCUT2D eigenvalue weighted by atomic mass is 16.2. The number of benzene rings is 2. The van der Waals surface area contributed by atoms with Crippen molar-refractivity contribution in [1.29, 1.82) is 0 Å². The second-order valence-electron chi connectivity index (χ2n) is 6.65. The molecule has 4 aromatic rings. The fourth-order valence-electron chi connectivity index (χ4n) is 3.31. The number of imidazole rings is 2. The van der Waals surface area contributed by atoms with Crippen molar-refractivity contribution >= 4 is 16.9 Å². The minimum Gasteiger partial charge on any atom is -0.347 e. The smallest absolute Gasteiger partial charge is 0.328 e. The van der Waals surface area contributed by atoms with Crippen LogP contribution in [0.2, 0.25) is 0 Å². The van der Waals surface area contributed by atoms with Gasteiger partial charge in [-0.1, -0.05) is 30.3 Å². The van der Waals surface area contributed by atoms with Gasteiger partial charge in [0.25, 0.3) is 5.91 Å². The summed E-state index contributed by atoms with van der Waals surface area (Å²) in [5.74, 6) is 0.483. The number of hydrogen-bond donors (Lipinski definition) is 2. The molecule has 7 nitrogen and oxygen atoms in total. The molecule has 0 aliphatic heterocycles. The van der Waals surface area contributed by atoms with E-state index in [4.69, 9.17) is 0 Å². The number of nitrogens with zero attached hydrogens (tertiary/aromatic N) is 3. The Morgan fingerprint density at radius 3 is 2.71 bits per heavy atom. The maximum absolute atomic E-state index is 12.7. The Balaban J connectivity index is 1.57. The number of aromatic amines is 1. The van der Waals surface area contributed by atoms with Gasteiger partial charge in [0.05, 0.1) is 17.6 Å². The maximum Gasteiger partial charge on any atom is 0.328 e. The lowest BCUT2D eigenvalue weighted by Gasteiger charge is -2.06. The van der Waals surface area contributed by atoms with Crippen molar-refractivity contribution in [1.82, 2.24) is 24.4 Å². The van der Waals surface area contributed by atoms with Crippen LogP contribution in [0, 0.1) is 0 Å². The Hall–Kier alpha value is -3.61. The largest absolute Gasteiger partial charge is 0.347 e. The third-order valence-electron chi connectivity index (χ3n) is 4.85. The van der Waals surface area contributed by atoms with Crippen molar-refractivity contribution in [2.75, 3.05) is 0 Å². The molecular weight excluding hydrogens is 354 g/mol. The molecule has 2 aromatic heterocycles. The molecular formula is C21H21N5O2. The topological polar surface area (TPSA) is 84.7 Å². The number of rotatable bonds is 6. The van der Waals surface area contributed by atoms with Crippen LogP contribution >= 0.6 is 0 Å². The Kier molecular flexibility index (Phi) is 4.80. The maximum atomic E-state index is 12.7. The SMILES string of the molecule is Cn1c(=O)n(CCc2ccccc2)c2ccc(C(=O)NCc3ncc[nH]3)cc21. The summed E-state index contributed by atoms with van der Waals surface area (Å²) in [6.45, 7) is 0.908. The molecule has 4 rings (SSSR count). The average Bonchev–Trinajstić information content (AvgIpc) is 3.33. The van der Waals surface area contributed by atoms with E-state index < -0.39 is 0 Å². The van der Waals surface area contributed by atoms with Crippen LogP contribution in [0.3, 0.4) is 0 Å². The van der Waals surface area contributed by atoms with Crippen molar-refractivity contribution in [3.05, 3.63) is 88.4 Å². The molecule has 7 heteroatoms. The second-order valence-corrected chi connectivity index (χ2v) is 6.65. The first-order valence-electron chi connectivity index (χ1n) is 9.13. The predicted molar refractivity (Wildman–Crippen MR) is 107 cm³/mol. The van der Waals surface area contributed by atoms with Gasteiger partial charge in [-0.05, 0) is 30.2 Å². The first-order valence-corrected chi connectivity index (χ1v) is 9.13. The molecule has 0 spiro atoms. The summed E-state index contributed by atoms with van der Waals surface area (Å²) in [4.78, 5) is 32.2. The molecule has 2 heterocycles. The monoisotopic (exact) mass is 375 g/mol. The molecule has 28 heavy (non-hydrogen) atoms. The molecule has 0 radical (unpaired) electrons. The number of amides is 1. The summed E-state index contributed by atoms with van der Waals surface area (Å²) in [7, 11) is 1.73. The molecule has 0 bridgehead atoms. The van der Waals surface area contributed by atoms with Gasteiger partial charge >= 0.3 is 5.69 Å². The quantitative estimate of drug-likeness (QED) is 0.542. The lowest BCUT2D eigenvalue weighted by atomic mass is 10.1. The lowest BCUT2D eigenvalue weighted by Crippen LogP contribution is -2.23. The second kappa shape index (κ2) is 7.56. The van der Waals surface area contributed by atoms with Crippen LogP contribution in [0.1, 0.15) is 21.7 Å². The number of carbonyl (C=O) groups is 1. The van der Waals surface area contributed by atoms with Gasteiger partial charge in [-0.3, -0.25) is 13.9 Å². The van der Waals surface area contributed by atoms with E-state index in [9.17, 15) is 9.59 Å². The molecule has 142 valence electrons. The first kappa shape index (κ1) is 17.8. The lowest BCUT2D eigenvalue weighted by molar-refractivity contribution is 0.0950. The number of H-pyrrole nitrogens is 1. The van der Waals surface area contributed by atoms with Gasteiger partial charge in [0.1, 0.15) is 5.82 Å². The van der Waals surface area contributed by atoms with Crippen molar-refractivity contribution in [2.24, 2.45) is 7.05 Å². The van der Waals surface area contributed by atoms with Gasteiger partial charge in [0.15, 0.2) is 0 Å². The van der Waals surface area contributed by atoms with E-state index >= 15 is 0 Å². The molecule has 2 N–H and O–H groups in total. The molecule has 0 atom stereocenters. The van der Waals surface area contributed by atoms with Gasteiger partial charge in [0.2, 0.25) is 0 Å². The van der Waals surface area contributed by atoms with Gasteiger partial charge in [-0.15, -0.1) is 0 Å². The van der Waals surface area contributed by atoms with Crippen LogP contribution in [-0.4, -0.2) is 25.0 Å². The number of aromatic nitrogens is 4. The molecule has 0 aliphatic rings. The van der Waals surface area contributed by atoms with Crippen LogP contribution in [0.4, 0.5) is 0 Å². The van der Waals surface area contributed by atoms with Gasteiger partial charge in [-0.25, -0.2) is 9.78 Å². The zero-order chi connectivity index (χ0) is 19.5. The van der Waals surface area contributed by atoms with E-state index in [1.807, 2.05) is 24.3 Å². The van der Waals surface area contributed by atoms with E-state index in [0.29, 0.717) is 24.5 Å². The normalized spacial score (nSPS) is 11.0. The summed E-state index contributed by atoms with van der Waals surface area (Å²) in [6, 6.07) is 15.4. The molecule has 0 aliphatic carbocycles. The van der Waals surface area contributed by atoms with Gasteiger partial charge in [0, 0.05) is 31.5 Å². The first-order chi connectivity index (χ1) is 13.6. The zero-order valence-corrected chi connectivity index (χ0v) is 15.6. The van der Waals surface area contributed by atoms with E-state index in [2.05, 4.69) is 27.4 Å². The molecule has 0 fully saturated rings. The van der Waals surface area contributed by atoms with Crippen LogP contribution in [0.5, 0.6) is 0 Å². The van der Waals surface area contributed by atoms with Gasteiger partial charge in [-0.2, -0.15) is 0 Å². The minimum atomic E-state index is -0.206. The number of hydrogen-bond acceptors (Lipinski definition) is 3. The highest BCUT2D eigenvalue weighted by Crippen LogP contribution is 2.16. The standard InChI is InChI=1S/C21H21N5O2/c1-25-18-13-16(20(27)24-14-19-22-10-11-23-19)7-8-17(18)26(21(25)28)12-9-15-5-3-2-4-6-15/h2-8,10-11,13H,9,12,14H2,1H3,(H,22,23)(H,24,27). The predicted octanol–water partition coefficient (Wildman–Crippen LogP) is 2.24. The number of fused-ring (bicyclic) bond motifs is 1. The average molecular weight is 375 g/mol. The molecule has 1 amide bonds. The number of aryl methyl sites for hydroxylation is 3. The van der Waals surface area contributed by atoms with Crippen molar-refractivity contribution < 1.29 is 4.79 Å².